The largest absolute Gasteiger partial charge is 0.398 e. The number of aromatic nitrogens is 1. The summed E-state index contributed by atoms with van der Waals surface area (Å²) in [5.41, 5.74) is 7.29. The highest BCUT2D eigenvalue weighted by molar-refractivity contribution is 6.31. The van der Waals surface area contributed by atoms with Crippen molar-refractivity contribution in [2.45, 2.75) is 0 Å². The van der Waals surface area contributed by atoms with Gasteiger partial charge in [0.15, 0.2) is 0 Å². The van der Waals surface area contributed by atoms with E-state index in [1.54, 1.807) is 30.6 Å². The number of carbonyl (C=O) groups is 1. The van der Waals surface area contributed by atoms with E-state index in [2.05, 4.69) is 10.3 Å². The lowest BCUT2D eigenvalue weighted by Gasteiger charge is -2.10. The molecule has 21 heavy (non-hydrogen) atoms. The van der Waals surface area contributed by atoms with Crippen molar-refractivity contribution in [3.8, 4) is 0 Å². The van der Waals surface area contributed by atoms with E-state index in [0.717, 1.165) is 10.8 Å². The van der Waals surface area contributed by atoms with E-state index in [9.17, 15) is 4.79 Å². The number of nitrogens with zero attached hydrogens (tertiary/aromatic N) is 1. The molecule has 3 N–H and O–H groups in total. The number of hydrogen-bond donors (Lipinski definition) is 2. The first-order valence-corrected chi connectivity index (χ1v) is 6.72. The zero-order chi connectivity index (χ0) is 14.8. The lowest BCUT2D eigenvalue weighted by molar-refractivity contribution is 0.102. The molecule has 1 aromatic heterocycles. The van der Waals surface area contributed by atoms with Crippen LogP contribution >= 0.6 is 11.6 Å². The second kappa shape index (κ2) is 5.42. The number of pyridine rings is 1. The Morgan fingerprint density at radius 1 is 1.19 bits per heavy atom. The summed E-state index contributed by atoms with van der Waals surface area (Å²) in [5.74, 6) is -0.270. The number of hydrogen-bond acceptors (Lipinski definition) is 3. The molecule has 0 radical (unpaired) electrons. The van der Waals surface area contributed by atoms with Gasteiger partial charge in [0.25, 0.3) is 5.91 Å². The number of carbonyl (C=O) groups excluding carboxylic acids is 1. The molecule has 1 amide bonds. The van der Waals surface area contributed by atoms with Crippen molar-refractivity contribution >= 4 is 39.7 Å². The Morgan fingerprint density at radius 2 is 2.05 bits per heavy atom. The third kappa shape index (κ3) is 2.66. The quantitative estimate of drug-likeness (QED) is 0.708. The average Bonchev–Trinajstić information content (AvgIpc) is 2.47. The molecule has 0 aliphatic heterocycles. The maximum absolute atomic E-state index is 12.3. The van der Waals surface area contributed by atoms with Crippen molar-refractivity contribution in [2.24, 2.45) is 0 Å². The zero-order valence-corrected chi connectivity index (χ0v) is 11.8. The number of halogens is 1. The number of amides is 1. The lowest BCUT2D eigenvalue weighted by atomic mass is 10.1. The van der Waals surface area contributed by atoms with Crippen molar-refractivity contribution in [1.29, 1.82) is 0 Å². The van der Waals surface area contributed by atoms with Crippen molar-refractivity contribution in [2.75, 3.05) is 11.1 Å². The molecule has 1 heterocycles. The van der Waals surface area contributed by atoms with Crippen LogP contribution in [0.15, 0.2) is 54.9 Å². The molecule has 0 unspecified atom stereocenters. The second-order valence-corrected chi connectivity index (χ2v) is 5.02. The van der Waals surface area contributed by atoms with Gasteiger partial charge in [0.05, 0.1) is 5.56 Å². The Balaban J connectivity index is 1.97. The van der Waals surface area contributed by atoms with Crippen molar-refractivity contribution in [3.05, 3.63) is 65.4 Å². The van der Waals surface area contributed by atoms with Crippen LogP contribution < -0.4 is 11.1 Å². The molecule has 0 spiro atoms. The van der Waals surface area contributed by atoms with Crippen LogP contribution in [0.5, 0.6) is 0 Å². The van der Waals surface area contributed by atoms with Gasteiger partial charge in [-0.15, -0.1) is 0 Å². The molecule has 0 saturated heterocycles. The summed E-state index contributed by atoms with van der Waals surface area (Å²) >= 11 is 5.84. The standard InChI is InChI=1S/C16H12ClN3O/c17-11-4-5-13(14(18)8-11)16(21)20-15-3-1-2-10-9-19-7-6-12(10)15/h1-9H,18H2,(H,20,21). The Bertz CT molecular complexity index is 827. The molecule has 2 aromatic carbocycles. The maximum atomic E-state index is 12.3. The minimum absolute atomic E-state index is 0.270. The van der Waals surface area contributed by atoms with Gasteiger partial charge in [0.1, 0.15) is 0 Å². The molecule has 3 rings (SSSR count). The Hall–Kier alpha value is -2.59. The molecule has 104 valence electrons. The monoisotopic (exact) mass is 297 g/mol. The maximum Gasteiger partial charge on any atom is 0.257 e. The number of nitrogens with two attached hydrogens (primary N) is 1. The summed E-state index contributed by atoms with van der Waals surface area (Å²) in [7, 11) is 0. The van der Waals surface area contributed by atoms with Crippen molar-refractivity contribution in [3.63, 3.8) is 0 Å². The van der Waals surface area contributed by atoms with E-state index in [1.165, 1.54) is 0 Å². The third-order valence-electron chi connectivity index (χ3n) is 3.19. The Labute approximate surface area is 126 Å². The SMILES string of the molecule is Nc1cc(Cl)ccc1C(=O)Nc1cccc2cnccc12. The Morgan fingerprint density at radius 3 is 2.86 bits per heavy atom. The van der Waals surface area contributed by atoms with Gasteiger partial charge in [-0.05, 0) is 30.3 Å². The van der Waals surface area contributed by atoms with E-state index in [0.29, 0.717) is 22.0 Å². The van der Waals surface area contributed by atoms with Gasteiger partial charge >= 0.3 is 0 Å². The van der Waals surface area contributed by atoms with Crippen LogP contribution in [0.4, 0.5) is 11.4 Å². The van der Waals surface area contributed by atoms with Gasteiger partial charge in [0, 0.05) is 39.6 Å². The van der Waals surface area contributed by atoms with Crippen LogP contribution in [0.3, 0.4) is 0 Å². The number of rotatable bonds is 2. The first-order valence-electron chi connectivity index (χ1n) is 6.34. The normalized spacial score (nSPS) is 10.5. The predicted octanol–water partition coefficient (Wildman–Crippen LogP) is 3.72. The van der Waals surface area contributed by atoms with Crippen molar-refractivity contribution < 1.29 is 4.79 Å². The number of nitrogen functional groups attached to an aromatic ring is 1. The molecular weight excluding hydrogens is 286 g/mol. The fraction of sp³-hybridized carbons (Fsp3) is 0. The van der Waals surface area contributed by atoms with E-state index < -0.39 is 0 Å². The van der Waals surface area contributed by atoms with Crippen LogP contribution in [-0.2, 0) is 0 Å². The van der Waals surface area contributed by atoms with Crippen LogP contribution in [0.2, 0.25) is 5.02 Å². The minimum Gasteiger partial charge on any atom is -0.398 e. The molecule has 5 heteroatoms. The van der Waals surface area contributed by atoms with Gasteiger partial charge in [-0.2, -0.15) is 0 Å². The van der Waals surface area contributed by atoms with E-state index >= 15 is 0 Å². The average molecular weight is 298 g/mol. The summed E-state index contributed by atoms with van der Waals surface area (Å²) in [6.45, 7) is 0. The fourth-order valence-electron chi connectivity index (χ4n) is 2.16. The lowest BCUT2D eigenvalue weighted by Crippen LogP contribution is -2.14. The van der Waals surface area contributed by atoms with Crippen LogP contribution in [-0.4, -0.2) is 10.9 Å². The number of nitrogens with one attached hydrogen (secondary N) is 1. The molecule has 0 bridgehead atoms. The van der Waals surface area contributed by atoms with Crippen LogP contribution in [0.1, 0.15) is 10.4 Å². The highest BCUT2D eigenvalue weighted by Crippen LogP contribution is 2.24. The first-order chi connectivity index (χ1) is 10.1. The summed E-state index contributed by atoms with van der Waals surface area (Å²) in [4.78, 5) is 16.4. The highest BCUT2D eigenvalue weighted by Gasteiger charge is 2.11. The van der Waals surface area contributed by atoms with Gasteiger partial charge in [-0.25, -0.2) is 0 Å². The molecule has 0 saturated carbocycles. The molecule has 0 aliphatic rings. The fourth-order valence-corrected chi connectivity index (χ4v) is 2.34. The topological polar surface area (TPSA) is 68.0 Å². The zero-order valence-electron chi connectivity index (χ0n) is 11.0. The van der Waals surface area contributed by atoms with Gasteiger partial charge in [-0.3, -0.25) is 9.78 Å². The van der Waals surface area contributed by atoms with E-state index in [1.807, 2.05) is 24.3 Å². The Kier molecular flexibility index (Phi) is 3.46. The predicted molar refractivity (Wildman–Crippen MR) is 85.6 cm³/mol. The molecule has 0 fully saturated rings. The second-order valence-electron chi connectivity index (χ2n) is 4.59. The first kappa shape index (κ1) is 13.4. The van der Waals surface area contributed by atoms with Gasteiger partial charge < -0.3 is 11.1 Å². The van der Waals surface area contributed by atoms with Crippen molar-refractivity contribution in [1.82, 2.24) is 4.98 Å². The minimum atomic E-state index is -0.270. The summed E-state index contributed by atoms with van der Waals surface area (Å²) in [6, 6.07) is 12.3. The van der Waals surface area contributed by atoms with Gasteiger partial charge in [0.2, 0.25) is 0 Å². The highest BCUT2D eigenvalue weighted by atomic mass is 35.5. The number of anilines is 2. The van der Waals surface area contributed by atoms with E-state index in [-0.39, 0.29) is 5.91 Å². The number of benzene rings is 2. The molecule has 3 aromatic rings. The van der Waals surface area contributed by atoms with Gasteiger partial charge in [-0.1, -0.05) is 23.7 Å². The van der Waals surface area contributed by atoms with Crippen LogP contribution in [0, 0.1) is 0 Å². The summed E-state index contributed by atoms with van der Waals surface area (Å²) < 4.78 is 0. The molecule has 0 aliphatic carbocycles. The summed E-state index contributed by atoms with van der Waals surface area (Å²) in [6.07, 6.45) is 3.44. The molecular formula is C16H12ClN3O. The molecule has 0 atom stereocenters. The smallest absolute Gasteiger partial charge is 0.257 e. The third-order valence-corrected chi connectivity index (χ3v) is 3.42. The summed E-state index contributed by atoms with van der Waals surface area (Å²) in [5, 5.41) is 5.25. The number of fused-ring (bicyclic) bond motifs is 1. The van der Waals surface area contributed by atoms with E-state index in [4.69, 9.17) is 17.3 Å². The van der Waals surface area contributed by atoms with Crippen LogP contribution in [0.25, 0.3) is 10.8 Å². The molecule has 4 nitrogen and oxygen atoms in total.